The minimum absolute atomic E-state index is 0.167. The molecule has 0 unspecified atom stereocenters. The monoisotopic (exact) mass is 188 g/mol. The third-order valence-corrected chi connectivity index (χ3v) is 1.91. The average Bonchev–Trinajstić information content (AvgIpc) is 2.03. The standard InChI is InChI=1S/C7H5FO3S/c8-12(10,11)7(9)6-4-2-1-3-5-6/h1-5H. The van der Waals surface area contributed by atoms with E-state index in [0.717, 1.165) is 0 Å². The van der Waals surface area contributed by atoms with Crippen molar-refractivity contribution in [3.8, 4) is 0 Å². The number of carbonyl (C=O) groups excluding carboxylic acids is 1. The summed E-state index contributed by atoms with van der Waals surface area (Å²) in [5, 5.41) is -1.50. The van der Waals surface area contributed by atoms with Crippen molar-refractivity contribution in [2.24, 2.45) is 0 Å². The highest BCUT2D eigenvalue weighted by molar-refractivity contribution is 8.02. The molecule has 5 heteroatoms. The van der Waals surface area contributed by atoms with Crippen LogP contribution in [0.4, 0.5) is 3.89 Å². The molecule has 0 atom stereocenters. The molecule has 0 heterocycles. The van der Waals surface area contributed by atoms with E-state index in [1.165, 1.54) is 24.3 Å². The first-order valence-corrected chi connectivity index (χ1v) is 4.44. The van der Waals surface area contributed by atoms with Gasteiger partial charge in [0.2, 0.25) is 0 Å². The molecule has 0 bridgehead atoms. The fourth-order valence-corrected chi connectivity index (χ4v) is 1.13. The van der Waals surface area contributed by atoms with Crippen molar-refractivity contribution < 1.29 is 17.1 Å². The Morgan fingerprint density at radius 1 is 1.17 bits per heavy atom. The summed E-state index contributed by atoms with van der Waals surface area (Å²) in [4.78, 5) is 10.7. The van der Waals surface area contributed by atoms with Gasteiger partial charge in [-0.15, -0.1) is 0 Å². The first kappa shape index (κ1) is 8.86. The molecular weight excluding hydrogens is 183 g/mol. The first-order chi connectivity index (χ1) is 5.52. The van der Waals surface area contributed by atoms with Crippen molar-refractivity contribution in [3.63, 3.8) is 0 Å². The summed E-state index contributed by atoms with van der Waals surface area (Å²) < 4.78 is 32.3. The van der Waals surface area contributed by atoms with Crippen LogP contribution in [0.2, 0.25) is 0 Å². The summed E-state index contributed by atoms with van der Waals surface area (Å²) in [7, 11) is -5.09. The molecular formula is C7H5FO3S. The molecule has 0 aromatic heterocycles. The van der Waals surface area contributed by atoms with Crippen LogP contribution < -0.4 is 0 Å². The molecule has 64 valence electrons. The van der Waals surface area contributed by atoms with Gasteiger partial charge in [0.15, 0.2) is 0 Å². The molecule has 1 aromatic rings. The summed E-state index contributed by atoms with van der Waals surface area (Å²) in [5.74, 6) is 0. The van der Waals surface area contributed by atoms with Gasteiger partial charge in [0, 0.05) is 5.56 Å². The Morgan fingerprint density at radius 3 is 2.08 bits per heavy atom. The molecule has 0 N–H and O–H groups in total. The molecule has 0 aliphatic carbocycles. The van der Waals surface area contributed by atoms with E-state index in [0.29, 0.717) is 0 Å². The lowest BCUT2D eigenvalue weighted by atomic mass is 10.2. The van der Waals surface area contributed by atoms with Crippen LogP contribution in [-0.4, -0.2) is 13.5 Å². The van der Waals surface area contributed by atoms with Gasteiger partial charge in [0.25, 0.3) is 0 Å². The molecule has 0 amide bonds. The van der Waals surface area contributed by atoms with Gasteiger partial charge in [-0.2, -0.15) is 8.42 Å². The number of hydrogen-bond acceptors (Lipinski definition) is 3. The van der Waals surface area contributed by atoms with Crippen LogP contribution in [0.3, 0.4) is 0 Å². The number of benzene rings is 1. The van der Waals surface area contributed by atoms with Gasteiger partial charge in [-0.3, -0.25) is 4.79 Å². The zero-order valence-corrected chi connectivity index (χ0v) is 6.71. The lowest BCUT2D eigenvalue weighted by molar-refractivity contribution is 0.107. The second-order valence-corrected chi connectivity index (χ2v) is 3.34. The van der Waals surface area contributed by atoms with Crippen molar-refractivity contribution in [2.45, 2.75) is 0 Å². The molecule has 3 nitrogen and oxygen atoms in total. The summed E-state index contributed by atoms with van der Waals surface area (Å²) in [6.45, 7) is 0. The van der Waals surface area contributed by atoms with E-state index in [1.54, 1.807) is 6.07 Å². The van der Waals surface area contributed by atoms with E-state index >= 15 is 0 Å². The molecule has 0 saturated heterocycles. The molecule has 0 aliphatic heterocycles. The van der Waals surface area contributed by atoms with Crippen LogP contribution in [0.15, 0.2) is 30.3 Å². The predicted octanol–water partition coefficient (Wildman–Crippen LogP) is 1.13. The topological polar surface area (TPSA) is 51.2 Å². The third-order valence-electron chi connectivity index (χ3n) is 1.23. The molecule has 0 fully saturated rings. The van der Waals surface area contributed by atoms with Crippen LogP contribution in [0.1, 0.15) is 10.4 Å². The number of halogens is 1. The van der Waals surface area contributed by atoms with Gasteiger partial charge < -0.3 is 0 Å². The normalized spacial score (nSPS) is 11.1. The zero-order valence-electron chi connectivity index (χ0n) is 5.90. The molecule has 1 aromatic carbocycles. The summed E-state index contributed by atoms with van der Waals surface area (Å²) in [6, 6.07) is 6.98. The Morgan fingerprint density at radius 2 is 1.67 bits per heavy atom. The fraction of sp³-hybridized carbons (Fsp3) is 0. The predicted molar refractivity (Wildman–Crippen MR) is 40.8 cm³/mol. The van der Waals surface area contributed by atoms with Gasteiger partial charge in [-0.1, -0.05) is 34.2 Å². The Kier molecular flexibility index (Phi) is 2.23. The lowest BCUT2D eigenvalue weighted by Crippen LogP contribution is -2.08. The molecule has 1 rings (SSSR count). The van der Waals surface area contributed by atoms with Crippen molar-refractivity contribution >= 4 is 15.3 Å². The van der Waals surface area contributed by atoms with Gasteiger partial charge in [0.1, 0.15) is 0 Å². The van der Waals surface area contributed by atoms with Crippen LogP contribution in [0, 0.1) is 0 Å². The SMILES string of the molecule is O=C(c1ccccc1)S(=O)(=O)F. The smallest absolute Gasteiger partial charge is 0.273 e. The first-order valence-electron chi connectivity index (χ1n) is 3.06. The Balaban J connectivity index is 3.11. The highest BCUT2D eigenvalue weighted by Gasteiger charge is 2.21. The quantitative estimate of drug-likeness (QED) is 0.620. The molecule has 0 saturated carbocycles. The summed E-state index contributed by atoms with van der Waals surface area (Å²) >= 11 is 0. The van der Waals surface area contributed by atoms with Gasteiger partial charge in [-0.05, 0) is 0 Å². The maximum absolute atomic E-state index is 12.1. The van der Waals surface area contributed by atoms with Gasteiger partial charge >= 0.3 is 15.3 Å². The van der Waals surface area contributed by atoms with Gasteiger partial charge in [0.05, 0.1) is 0 Å². The Labute approximate surface area is 69.0 Å². The molecule has 0 radical (unpaired) electrons. The van der Waals surface area contributed by atoms with E-state index in [9.17, 15) is 17.1 Å². The van der Waals surface area contributed by atoms with Crippen LogP contribution in [0.25, 0.3) is 0 Å². The Hall–Kier alpha value is -1.23. The maximum atomic E-state index is 12.1. The van der Waals surface area contributed by atoms with Crippen molar-refractivity contribution in [3.05, 3.63) is 35.9 Å². The van der Waals surface area contributed by atoms with Crippen LogP contribution >= 0.6 is 0 Å². The zero-order chi connectivity index (χ0) is 9.19. The minimum atomic E-state index is -5.09. The molecule has 12 heavy (non-hydrogen) atoms. The third kappa shape index (κ3) is 1.88. The average molecular weight is 188 g/mol. The van der Waals surface area contributed by atoms with E-state index in [4.69, 9.17) is 0 Å². The fourth-order valence-electron chi connectivity index (χ4n) is 0.715. The number of hydrogen-bond donors (Lipinski definition) is 0. The van der Waals surface area contributed by atoms with Crippen molar-refractivity contribution in [1.82, 2.24) is 0 Å². The van der Waals surface area contributed by atoms with Crippen molar-refractivity contribution in [1.29, 1.82) is 0 Å². The van der Waals surface area contributed by atoms with E-state index in [2.05, 4.69) is 0 Å². The maximum Gasteiger partial charge on any atom is 0.371 e. The highest BCUT2D eigenvalue weighted by atomic mass is 32.3. The van der Waals surface area contributed by atoms with E-state index in [1.807, 2.05) is 0 Å². The van der Waals surface area contributed by atoms with Gasteiger partial charge in [-0.25, -0.2) is 0 Å². The van der Waals surface area contributed by atoms with Crippen LogP contribution in [0.5, 0.6) is 0 Å². The lowest BCUT2D eigenvalue weighted by Gasteiger charge is -1.92. The minimum Gasteiger partial charge on any atom is -0.273 e. The number of carbonyl (C=O) groups is 1. The van der Waals surface area contributed by atoms with Crippen LogP contribution in [-0.2, 0) is 10.2 Å². The highest BCUT2D eigenvalue weighted by Crippen LogP contribution is 2.06. The summed E-state index contributed by atoms with van der Waals surface area (Å²) in [6.07, 6.45) is 0. The number of rotatable bonds is 1. The second-order valence-electron chi connectivity index (χ2n) is 2.09. The van der Waals surface area contributed by atoms with E-state index < -0.39 is 15.3 Å². The molecule has 0 aliphatic rings. The second kappa shape index (κ2) is 3.02. The largest absolute Gasteiger partial charge is 0.371 e. The summed E-state index contributed by atoms with van der Waals surface area (Å²) in [5.41, 5.74) is -0.167. The molecule has 0 spiro atoms. The van der Waals surface area contributed by atoms with Crippen molar-refractivity contribution in [2.75, 3.05) is 0 Å². The Bertz CT molecular complexity index is 382. The van der Waals surface area contributed by atoms with E-state index in [-0.39, 0.29) is 5.56 Å².